The fourth-order valence-electron chi connectivity index (χ4n) is 3.10. The molecule has 1 N–H and O–H groups in total. The standard InChI is InChI=1S/C21H15N3O3/c22-13-14-3-5-16(6-4-14)20(25)23-17-8-7-15-9-10-24(18(15)12-17)21(26)19-2-1-11-27-19/h1-8,11-12H,9-10H2,(H,23,25). The Morgan fingerprint density at radius 3 is 2.63 bits per heavy atom. The van der Waals surface area contributed by atoms with Gasteiger partial charge < -0.3 is 14.6 Å². The fourth-order valence-corrected chi connectivity index (χ4v) is 3.10. The van der Waals surface area contributed by atoms with Crippen LogP contribution in [-0.4, -0.2) is 18.4 Å². The van der Waals surface area contributed by atoms with Crippen LogP contribution < -0.4 is 10.2 Å². The molecule has 0 radical (unpaired) electrons. The Morgan fingerprint density at radius 2 is 1.93 bits per heavy atom. The third-order valence-electron chi connectivity index (χ3n) is 4.49. The topological polar surface area (TPSA) is 86.3 Å². The summed E-state index contributed by atoms with van der Waals surface area (Å²) in [5.74, 6) is -0.189. The average Bonchev–Trinajstić information content (AvgIpc) is 3.37. The molecule has 0 bridgehead atoms. The molecule has 2 amide bonds. The summed E-state index contributed by atoms with van der Waals surface area (Å²) >= 11 is 0. The largest absolute Gasteiger partial charge is 0.459 e. The van der Waals surface area contributed by atoms with Gasteiger partial charge >= 0.3 is 0 Å². The molecule has 1 aromatic heterocycles. The maximum atomic E-state index is 12.6. The molecular weight excluding hydrogens is 342 g/mol. The van der Waals surface area contributed by atoms with E-state index in [2.05, 4.69) is 5.32 Å². The Hall–Kier alpha value is -3.85. The van der Waals surface area contributed by atoms with Gasteiger partial charge in [-0.3, -0.25) is 9.59 Å². The van der Waals surface area contributed by atoms with Crippen molar-refractivity contribution in [3.8, 4) is 6.07 Å². The summed E-state index contributed by atoms with van der Waals surface area (Å²) in [6.45, 7) is 0.571. The summed E-state index contributed by atoms with van der Waals surface area (Å²) in [6, 6.07) is 17.3. The highest BCUT2D eigenvalue weighted by molar-refractivity contribution is 6.07. The molecular formula is C21H15N3O3. The maximum Gasteiger partial charge on any atom is 0.293 e. The number of rotatable bonds is 3. The van der Waals surface area contributed by atoms with Crippen LogP contribution >= 0.6 is 0 Å². The molecule has 27 heavy (non-hydrogen) atoms. The Kier molecular flexibility index (Phi) is 4.19. The molecule has 1 aliphatic rings. The van der Waals surface area contributed by atoms with Gasteiger partial charge in [0, 0.05) is 23.5 Å². The number of anilines is 2. The Morgan fingerprint density at radius 1 is 1.11 bits per heavy atom. The minimum Gasteiger partial charge on any atom is -0.459 e. The van der Waals surface area contributed by atoms with Crippen molar-refractivity contribution in [1.29, 1.82) is 5.26 Å². The lowest BCUT2D eigenvalue weighted by Crippen LogP contribution is -2.28. The normalized spacial score (nSPS) is 12.3. The molecule has 132 valence electrons. The van der Waals surface area contributed by atoms with E-state index in [-0.39, 0.29) is 17.6 Å². The molecule has 6 heteroatoms. The molecule has 0 atom stereocenters. The number of hydrogen-bond donors (Lipinski definition) is 1. The number of nitrogens with zero attached hydrogens (tertiary/aromatic N) is 2. The van der Waals surface area contributed by atoms with Crippen LogP contribution in [0.3, 0.4) is 0 Å². The molecule has 4 rings (SSSR count). The summed E-state index contributed by atoms with van der Waals surface area (Å²) in [6.07, 6.45) is 2.23. The van der Waals surface area contributed by atoms with Gasteiger partial charge in [0.2, 0.25) is 0 Å². The smallest absolute Gasteiger partial charge is 0.293 e. The first-order valence-electron chi connectivity index (χ1n) is 8.45. The molecule has 0 aliphatic carbocycles. The molecule has 0 saturated carbocycles. The van der Waals surface area contributed by atoms with Crippen molar-refractivity contribution in [1.82, 2.24) is 0 Å². The highest BCUT2D eigenvalue weighted by atomic mass is 16.3. The van der Waals surface area contributed by atoms with Gasteiger partial charge in [-0.15, -0.1) is 0 Å². The van der Waals surface area contributed by atoms with Crippen LogP contribution in [0.5, 0.6) is 0 Å². The van der Waals surface area contributed by atoms with Gasteiger partial charge in [0.25, 0.3) is 11.8 Å². The minimum atomic E-state index is -0.277. The Balaban J connectivity index is 1.55. The Labute approximate surface area is 155 Å². The predicted molar refractivity (Wildman–Crippen MR) is 99.6 cm³/mol. The van der Waals surface area contributed by atoms with Gasteiger partial charge in [-0.2, -0.15) is 5.26 Å². The average molecular weight is 357 g/mol. The van der Waals surface area contributed by atoms with E-state index < -0.39 is 0 Å². The molecule has 0 unspecified atom stereocenters. The number of nitriles is 1. The van der Waals surface area contributed by atoms with Crippen molar-refractivity contribution >= 4 is 23.2 Å². The zero-order valence-electron chi connectivity index (χ0n) is 14.3. The SMILES string of the molecule is N#Cc1ccc(C(=O)Nc2ccc3c(c2)N(C(=O)c2ccco2)CC3)cc1. The van der Waals surface area contributed by atoms with Gasteiger partial charge in [-0.05, 0) is 60.5 Å². The predicted octanol–water partition coefficient (Wildman–Crippen LogP) is 3.61. The second-order valence-corrected chi connectivity index (χ2v) is 6.17. The van der Waals surface area contributed by atoms with E-state index in [4.69, 9.17) is 9.68 Å². The quantitative estimate of drug-likeness (QED) is 0.776. The van der Waals surface area contributed by atoms with E-state index in [1.807, 2.05) is 18.2 Å². The molecule has 0 spiro atoms. The summed E-state index contributed by atoms with van der Waals surface area (Å²) in [5.41, 5.74) is 3.37. The molecule has 0 fully saturated rings. The van der Waals surface area contributed by atoms with Gasteiger partial charge in [0.1, 0.15) is 0 Å². The third kappa shape index (κ3) is 3.18. The van der Waals surface area contributed by atoms with E-state index in [0.29, 0.717) is 23.4 Å². The zero-order valence-corrected chi connectivity index (χ0v) is 14.3. The van der Waals surface area contributed by atoms with Crippen LogP contribution in [-0.2, 0) is 6.42 Å². The first-order chi connectivity index (χ1) is 13.2. The van der Waals surface area contributed by atoms with Crippen LogP contribution in [0.25, 0.3) is 0 Å². The summed E-state index contributed by atoms with van der Waals surface area (Å²) in [4.78, 5) is 26.7. The summed E-state index contributed by atoms with van der Waals surface area (Å²) < 4.78 is 5.21. The van der Waals surface area contributed by atoms with Crippen LogP contribution in [0.1, 0.15) is 32.0 Å². The van der Waals surface area contributed by atoms with Crippen molar-refractivity contribution in [2.75, 3.05) is 16.8 Å². The molecule has 0 saturated heterocycles. The minimum absolute atomic E-state index is 0.200. The van der Waals surface area contributed by atoms with E-state index in [1.54, 1.807) is 47.4 Å². The summed E-state index contributed by atoms with van der Waals surface area (Å²) in [7, 11) is 0. The number of fused-ring (bicyclic) bond motifs is 1. The number of carbonyl (C=O) groups excluding carboxylic acids is 2. The summed E-state index contributed by atoms with van der Waals surface area (Å²) in [5, 5.41) is 11.7. The molecule has 2 aromatic carbocycles. The lowest BCUT2D eigenvalue weighted by atomic mass is 10.1. The highest BCUT2D eigenvalue weighted by Crippen LogP contribution is 2.32. The van der Waals surface area contributed by atoms with Crippen LogP contribution in [0.4, 0.5) is 11.4 Å². The number of benzene rings is 2. The first kappa shape index (κ1) is 16.6. The molecule has 3 aromatic rings. The van der Waals surface area contributed by atoms with Crippen molar-refractivity contribution in [3.63, 3.8) is 0 Å². The van der Waals surface area contributed by atoms with Crippen molar-refractivity contribution < 1.29 is 14.0 Å². The number of amides is 2. The monoisotopic (exact) mass is 357 g/mol. The number of nitrogens with one attached hydrogen (secondary N) is 1. The number of carbonyl (C=O) groups is 2. The third-order valence-corrected chi connectivity index (χ3v) is 4.49. The van der Waals surface area contributed by atoms with Crippen molar-refractivity contribution in [2.45, 2.75) is 6.42 Å². The Bertz CT molecular complexity index is 1050. The number of furan rings is 1. The number of hydrogen-bond acceptors (Lipinski definition) is 4. The van der Waals surface area contributed by atoms with Crippen LogP contribution in [0.2, 0.25) is 0 Å². The maximum absolute atomic E-state index is 12.6. The van der Waals surface area contributed by atoms with Crippen molar-refractivity contribution in [2.24, 2.45) is 0 Å². The lowest BCUT2D eigenvalue weighted by molar-refractivity contribution is 0.0962. The molecule has 6 nitrogen and oxygen atoms in total. The molecule has 2 heterocycles. The van der Waals surface area contributed by atoms with E-state index in [9.17, 15) is 9.59 Å². The van der Waals surface area contributed by atoms with Gasteiger partial charge in [-0.25, -0.2) is 0 Å². The lowest BCUT2D eigenvalue weighted by Gasteiger charge is -2.17. The second kappa shape index (κ2) is 6.81. The van der Waals surface area contributed by atoms with E-state index >= 15 is 0 Å². The van der Waals surface area contributed by atoms with E-state index in [1.165, 1.54) is 6.26 Å². The van der Waals surface area contributed by atoms with Crippen LogP contribution in [0.15, 0.2) is 65.3 Å². The zero-order chi connectivity index (χ0) is 18.8. The van der Waals surface area contributed by atoms with Crippen molar-refractivity contribution in [3.05, 3.63) is 83.3 Å². The first-order valence-corrected chi connectivity index (χ1v) is 8.45. The van der Waals surface area contributed by atoms with Gasteiger partial charge in [-0.1, -0.05) is 6.07 Å². The van der Waals surface area contributed by atoms with E-state index in [0.717, 1.165) is 17.7 Å². The van der Waals surface area contributed by atoms with Crippen LogP contribution in [0, 0.1) is 11.3 Å². The highest BCUT2D eigenvalue weighted by Gasteiger charge is 2.27. The van der Waals surface area contributed by atoms with Gasteiger partial charge in [0.15, 0.2) is 5.76 Å². The second-order valence-electron chi connectivity index (χ2n) is 6.17. The van der Waals surface area contributed by atoms with Gasteiger partial charge in [0.05, 0.1) is 17.9 Å². The fraction of sp³-hybridized carbons (Fsp3) is 0.0952. The molecule has 1 aliphatic heterocycles.